The van der Waals surface area contributed by atoms with Gasteiger partial charge < -0.3 is 5.32 Å². The summed E-state index contributed by atoms with van der Waals surface area (Å²) in [6, 6.07) is 8.97. The van der Waals surface area contributed by atoms with E-state index in [9.17, 15) is 4.79 Å². The third-order valence-electron chi connectivity index (χ3n) is 2.19. The molecule has 1 heterocycles. The van der Waals surface area contributed by atoms with Crippen LogP contribution in [0.5, 0.6) is 0 Å². The van der Waals surface area contributed by atoms with Crippen LogP contribution in [-0.2, 0) is 0 Å². The van der Waals surface area contributed by atoms with E-state index >= 15 is 0 Å². The molecule has 1 aromatic heterocycles. The number of benzene rings is 1. The second-order valence-electron chi connectivity index (χ2n) is 3.25. The molecule has 0 fully saturated rings. The van der Waals surface area contributed by atoms with Gasteiger partial charge in [0.2, 0.25) is 0 Å². The second-order valence-corrected chi connectivity index (χ2v) is 3.69. The Morgan fingerprint density at radius 1 is 1.38 bits per heavy atom. The highest BCUT2D eigenvalue weighted by Gasteiger charge is 2.08. The lowest BCUT2D eigenvalue weighted by Crippen LogP contribution is -2.17. The Labute approximate surface area is 97.6 Å². The number of hydrogen-bond acceptors (Lipinski definition) is 2. The Kier molecular flexibility index (Phi) is 2.92. The molecule has 16 heavy (non-hydrogen) atoms. The minimum absolute atomic E-state index is 0.187. The molecule has 0 spiro atoms. The van der Waals surface area contributed by atoms with E-state index in [1.54, 1.807) is 25.2 Å². The Hall–Kier alpha value is -1.81. The average molecular weight is 236 g/mol. The molecule has 0 saturated carbocycles. The maximum absolute atomic E-state index is 11.3. The molecule has 0 aliphatic heterocycles. The molecule has 2 rings (SSSR count). The van der Waals surface area contributed by atoms with Gasteiger partial charge in [0.1, 0.15) is 5.69 Å². The van der Waals surface area contributed by atoms with Crippen LogP contribution in [0.4, 0.5) is 0 Å². The van der Waals surface area contributed by atoms with Crippen LogP contribution in [0.15, 0.2) is 30.3 Å². The SMILES string of the molecule is CNC(=O)c1cc(-c2ccc(Cl)cc2)n[nH]1. The van der Waals surface area contributed by atoms with Crippen molar-refractivity contribution in [2.24, 2.45) is 0 Å². The highest BCUT2D eigenvalue weighted by Crippen LogP contribution is 2.19. The van der Waals surface area contributed by atoms with Gasteiger partial charge in [0.05, 0.1) is 5.69 Å². The lowest BCUT2D eigenvalue weighted by atomic mass is 10.1. The van der Waals surface area contributed by atoms with Crippen LogP contribution in [0.1, 0.15) is 10.5 Å². The standard InChI is InChI=1S/C11H10ClN3O/c1-13-11(16)10-6-9(14-15-10)7-2-4-8(12)5-3-7/h2-6H,1H3,(H,13,16)(H,14,15). The zero-order valence-electron chi connectivity index (χ0n) is 8.62. The summed E-state index contributed by atoms with van der Waals surface area (Å²) >= 11 is 5.78. The number of carbonyl (C=O) groups excluding carboxylic acids is 1. The molecule has 2 N–H and O–H groups in total. The first kappa shape index (κ1) is 10.7. The Bertz CT molecular complexity index is 504. The van der Waals surface area contributed by atoms with Gasteiger partial charge in [-0.1, -0.05) is 23.7 Å². The van der Waals surface area contributed by atoms with Crippen molar-refractivity contribution < 1.29 is 4.79 Å². The van der Waals surface area contributed by atoms with Crippen molar-refractivity contribution in [3.05, 3.63) is 41.0 Å². The van der Waals surface area contributed by atoms with E-state index in [4.69, 9.17) is 11.6 Å². The van der Waals surface area contributed by atoms with E-state index in [1.165, 1.54) is 0 Å². The summed E-state index contributed by atoms with van der Waals surface area (Å²) in [7, 11) is 1.57. The van der Waals surface area contributed by atoms with Gasteiger partial charge in [-0.3, -0.25) is 9.89 Å². The molecule has 0 bridgehead atoms. The number of rotatable bonds is 2. The van der Waals surface area contributed by atoms with E-state index in [0.29, 0.717) is 10.7 Å². The van der Waals surface area contributed by atoms with Gasteiger partial charge in [-0.25, -0.2) is 0 Å². The molecule has 0 saturated heterocycles. The summed E-state index contributed by atoms with van der Waals surface area (Å²) in [4.78, 5) is 11.3. The molecule has 1 aromatic carbocycles. The van der Waals surface area contributed by atoms with Crippen LogP contribution in [0.2, 0.25) is 5.02 Å². The molecular formula is C11H10ClN3O. The van der Waals surface area contributed by atoms with Gasteiger partial charge in [-0.2, -0.15) is 5.10 Å². The predicted octanol–water partition coefficient (Wildman–Crippen LogP) is 2.09. The van der Waals surface area contributed by atoms with Gasteiger partial charge in [0, 0.05) is 17.6 Å². The highest BCUT2D eigenvalue weighted by atomic mass is 35.5. The zero-order valence-corrected chi connectivity index (χ0v) is 9.38. The molecular weight excluding hydrogens is 226 g/mol. The second kappa shape index (κ2) is 4.37. The monoisotopic (exact) mass is 235 g/mol. The van der Waals surface area contributed by atoms with Crippen LogP contribution >= 0.6 is 11.6 Å². The van der Waals surface area contributed by atoms with Gasteiger partial charge in [0.15, 0.2) is 0 Å². The molecule has 1 amide bonds. The van der Waals surface area contributed by atoms with Gasteiger partial charge in [-0.15, -0.1) is 0 Å². The molecule has 0 aliphatic rings. The number of H-pyrrole nitrogens is 1. The van der Waals surface area contributed by atoms with Gasteiger partial charge in [0.25, 0.3) is 5.91 Å². The quantitative estimate of drug-likeness (QED) is 0.838. The van der Waals surface area contributed by atoms with E-state index in [0.717, 1.165) is 11.3 Å². The summed E-state index contributed by atoms with van der Waals surface area (Å²) in [5.41, 5.74) is 2.07. The van der Waals surface area contributed by atoms with Crippen molar-refractivity contribution in [3.8, 4) is 11.3 Å². The molecule has 4 nitrogen and oxygen atoms in total. The summed E-state index contributed by atoms with van der Waals surface area (Å²) in [5, 5.41) is 9.93. The molecule has 0 aliphatic carbocycles. The number of nitrogens with zero attached hydrogens (tertiary/aromatic N) is 1. The number of amides is 1. The van der Waals surface area contributed by atoms with Crippen molar-refractivity contribution in [2.75, 3.05) is 7.05 Å². The summed E-state index contributed by atoms with van der Waals surface area (Å²) < 4.78 is 0. The number of aromatic amines is 1. The average Bonchev–Trinajstić information content (AvgIpc) is 2.78. The minimum atomic E-state index is -0.187. The van der Waals surface area contributed by atoms with Crippen LogP contribution in [0.3, 0.4) is 0 Å². The Balaban J connectivity index is 2.31. The van der Waals surface area contributed by atoms with Crippen molar-refractivity contribution in [2.45, 2.75) is 0 Å². The lowest BCUT2D eigenvalue weighted by Gasteiger charge is -1.95. The zero-order chi connectivity index (χ0) is 11.5. The van der Waals surface area contributed by atoms with Crippen molar-refractivity contribution >= 4 is 17.5 Å². The van der Waals surface area contributed by atoms with Gasteiger partial charge in [-0.05, 0) is 18.2 Å². The smallest absolute Gasteiger partial charge is 0.269 e. The predicted molar refractivity (Wildman–Crippen MR) is 62.4 cm³/mol. The van der Waals surface area contributed by atoms with Crippen LogP contribution in [0.25, 0.3) is 11.3 Å². The topological polar surface area (TPSA) is 57.8 Å². The van der Waals surface area contributed by atoms with Crippen molar-refractivity contribution in [1.82, 2.24) is 15.5 Å². The van der Waals surface area contributed by atoms with E-state index in [-0.39, 0.29) is 5.91 Å². The van der Waals surface area contributed by atoms with Gasteiger partial charge >= 0.3 is 0 Å². The normalized spacial score (nSPS) is 10.1. The summed E-state index contributed by atoms with van der Waals surface area (Å²) in [5.74, 6) is -0.187. The van der Waals surface area contributed by atoms with E-state index < -0.39 is 0 Å². The molecule has 0 atom stereocenters. The first-order valence-electron chi connectivity index (χ1n) is 4.74. The third kappa shape index (κ3) is 2.06. The van der Waals surface area contributed by atoms with Crippen molar-refractivity contribution in [3.63, 3.8) is 0 Å². The first-order valence-corrected chi connectivity index (χ1v) is 5.12. The maximum Gasteiger partial charge on any atom is 0.269 e. The fourth-order valence-corrected chi connectivity index (χ4v) is 1.47. The fourth-order valence-electron chi connectivity index (χ4n) is 1.34. The molecule has 0 unspecified atom stereocenters. The van der Waals surface area contributed by atoms with E-state index in [1.807, 2.05) is 12.1 Å². The molecule has 5 heteroatoms. The molecule has 0 radical (unpaired) electrons. The lowest BCUT2D eigenvalue weighted by molar-refractivity contribution is 0.0958. The van der Waals surface area contributed by atoms with E-state index in [2.05, 4.69) is 15.5 Å². The maximum atomic E-state index is 11.3. The van der Waals surface area contributed by atoms with Crippen LogP contribution in [-0.4, -0.2) is 23.2 Å². The highest BCUT2D eigenvalue weighted by molar-refractivity contribution is 6.30. The Morgan fingerprint density at radius 3 is 2.69 bits per heavy atom. The van der Waals surface area contributed by atoms with Crippen molar-refractivity contribution in [1.29, 1.82) is 0 Å². The number of halogens is 1. The Morgan fingerprint density at radius 2 is 2.06 bits per heavy atom. The number of aromatic nitrogens is 2. The van der Waals surface area contributed by atoms with Crippen LogP contribution < -0.4 is 5.32 Å². The summed E-state index contributed by atoms with van der Waals surface area (Å²) in [6.07, 6.45) is 0. The molecule has 82 valence electrons. The third-order valence-corrected chi connectivity index (χ3v) is 2.44. The molecule has 2 aromatic rings. The first-order chi connectivity index (χ1) is 7.70. The van der Waals surface area contributed by atoms with Crippen LogP contribution in [0, 0.1) is 0 Å². The summed E-state index contributed by atoms with van der Waals surface area (Å²) in [6.45, 7) is 0. The minimum Gasteiger partial charge on any atom is -0.354 e. The number of carbonyl (C=O) groups is 1. The number of nitrogens with one attached hydrogen (secondary N) is 2. The largest absolute Gasteiger partial charge is 0.354 e. The fraction of sp³-hybridized carbons (Fsp3) is 0.0909. The number of hydrogen-bond donors (Lipinski definition) is 2.